The molecular weight excluding hydrogens is 180 g/mol. The molecule has 1 atom stereocenters. The van der Waals surface area contributed by atoms with Gasteiger partial charge in [0.25, 0.3) is 0 Å². The molecule has 0 aromatic rings. The minimum Gasteiger partial charge on any atom is -0.436 e. The van der Waals surface area contributed by atoms with Gasteiger partial charge in [-0.15, -0.1) is 5.11 Å². The van der Waals surface area contributed by atoms with E-state index >= 15 is 0 Å². The lowest BCUT2D eigenvalue weighted by Gasteiger charge is -2.23. The van der Waals surface area contributed by atoms with Crippen molar-refractivity contribution in [2.45, 2.75) is 59.2 Å². The third-order valence-corrected chi connectivity index (χ3v) is 1.58. The van der Waals surface area contributed by atoms with Crippen LogP contribution in [0.1, 0.15) is 48.0 Å². The SMILES string of the molecule is CCC(C)(N=NC(C)(C)C)OC(C)=O. The Balaban J connectivity index is 4.55. The Labute approximate surface area is 85.7 Å². The van der Waals surface area contributed by atoms with Crippen LogP contribution in [0.2, 0.25) is 0 Å². The zero-order valence-electron chi connectivity index (χ0n) is 9.92. The van der Waals surface area contributed by atoms with E-state index in [1.165, 1.54) is 6.92 Å². The van der Waals surface area contributed by atoms with Crippen LogP contribution in [0.3, 0.4) is 0 Å². The molecular formula is C10H20N2O2. The molecule has 82 valence electrons. The molecule has 4 nitrogen and oxygen atoms in total. The van der Waals surface area contributed by atoms with Gasteiger partial charge in [-0.2, -0.15) is 5.11 Å². The van der Waals surface area contributed by atoms with Crippen LogP contribution in [0.15, 0.2) is 10.2 Å². The number of esters is 1. The Hall–Kier alpha value is -0.930. The van der Waals surface area contributed by atoms with Crippen LogP contribution in [0.5, 0.6) is 0 Å². The predicted octanol–water partition coefficient (Wildman–Crippen LogP) is 2.93. The van der Waals surface area contributed by atoms with E-state index in [0.29, 0.717) is 6.42 Å². The lowest BCUT2D eigenvalue weighted by atomic mass is 10.1. The van der Waals surface area contributed by atoms with Gasteiger partial charge < -0.3 is 4.74 Å². The summed E-state index contributed by atoms with van der Waals surface area (Å²) in [5.74, 6) is -0.331. The number of rotatable bonds is 3. The maximum Gasteiger partial charge on any atom is 0.304 e. The summed E-state index contributed by atoms with van der Waals surface area (Å²) in [7, 11) is 0. The summed E-state index contributed by atoms with van der Waals surface area (Å²) >= 11 is 0. The van der Waals surface area contributed by atoms with E-state index in [1.54, 1.807) is 6.92 Å². The Bertz CT molecular complexity index is 231. The highest BCUT2D eigenvalue weighted by Gasteiger charge is 2.25. The molecule has 0 bridgehead atoms. The Morgan fingerprint density at radius 1 is 1.21 bits per heavy atom. The van der Waals surface area contributed by atoms with Crippen molar-refractivity contribution in [3.8, 4) is 0 Å². The Morgan fingerprint density at radius 3 is 2.00 bits per heavy atom. The summed E-state index contributed by atoms with van der Waals surface area (Å²) in [5, 5.41) is 8.17. The zero-order chi connectivity index (χ0) is 11.4. The molecule has 14 heavy (non-hydrogen) atoms. The van der Waals surface area contributed by atoms with Gasteiger partial charge in [-0.05, 0) is 27.7 Å². The number of ether oxygens (including phenoxy) is 1. The van der Waals surface area contributed by atoms with E-state index < -0.39 is 5.72 Å². The number of carbonyl (C=O) groups is 1. The molecule has 0 N–H and O–H groups in total. The van der Waals surface area contributed by atoms with E-state index in [2.05, 4.69) is 10.2 Å². The van der Waals surface area contributed by atoms with Gasteiger partial charge in [-0.3, -0.25) is 4.79 Å². The number of hydrogen-bond acceptors (Lipinski definition) is 4. The van der Waals surface area contributed by atoms with Gasteiger partial charge >= 0.3 is 5.97 Å². The Morgan fingerprint density at radius 2 is 1.71 bits per heavy atom. The van der Waals surface area contributed by atoms with Crippen LogP contribution in [0.4, 0.5) is 0 Å². The van der Waals surface area contributed by atoms with Crippen LogP contribution in [0, 0.1) is 0 Å². The van der Waals surface area contributed by atoms with Gasteiger partial charge in [0.05, 0.1) is 5.54 Å². The second-order valence-corrected chi connectivity index (χ2v) is 4.49. The van der Waals surface area contributed by atoms with E-state index in [9.17, 15) is 4.79 Å². The standard InChI is InChI=1S/C10H20N2O2/c1-7-10(6,14-8(2)13)12-11-9(3,4)5/h7H2,1-6H3. The second-order valence-electron chi connectivity index (χ2n) is 4.49. The fourth-order valence-corrected chi connectivity index (χ4v) is 0.729. The first kappa shape index (κ1) is 13.1. The van der Waals surface area contributed by atoms with Crippen molar-refractivity contribution in [3.05, 3.63) is 0 Å². The average molecular weight is 200 g/mol. The van der Waals surface area contributed by atoms with Crippen LogP contribution < -0.4 is 0 Å². The summed E-state index contributed by atoms with van der Waals surface area (Å²) in [4.78, 5) is 10.8. The number of carbonyl (C=O) groups excluding carboxylic acids is 1. The van der Waals surface area contributed by atoms with Gasteiger partial charge in [0.2, 0.25) is 5.72 Å². The maximum atomic E-state index is 10.8. The van der Waals surface area contributed by atoms with Crippen molar-refractivity contribution < 1.29 is 9.53 Å². The van der Waals surface area contributed by atoms with Crippen molar-refractivity contribution in [2.75, 3.05) is 0 Å². The monoisotopic (exact) mass is 200 g/mol. The molecule has 0 aliphatic carbocycles. The van der Waals surface area contributed by atoms with Gasteiger partial charge in [0.15, 0.2) is 0 Å². The van der Waals surface area contributed by atoms with E-state index in [4.69, 9.17) is 4.74 Å². The first-order valence-corrected chi connectivity index (χ1v) is 4.82. The number of azo groups is 1. The molecule has 1 unspecified atom stereocenters. The van der Waals surface area contributed by atoms with Gasteiger partial charge in [0, 0.05) is 13.3 Å². The highest BCUT2D eigenvalue weighted by Crippen LogP contribution is 2.20. The number of nitrogens with zero attached hydrogens (tertiary/aromatic N) is 2. The molecule has 0 aromatic heterocycles. The van der Waals surface area contributed by atoms with Crippen molar-refractivity contribution in [3.63, 3.8) is 0 Å². The quantitative estimate of drug-likeness (QED) is 0.519. The maximum absolute atomic E-state index is 10.8. The molecule has 0 aromatic carbocycles. The lowest BCUT2D eigenvalue weighted by Crippen LogP contribution is -2.28. The van der Waals surface area contributed by atoms with Gasteiger partial charge in [-0.1, -0.05) is 6.92 Å². The topological polar surface area (TPSA) is 51.0 Å². The van der Waals surface area contributed by atoms with E-state index in [-0.39, 0.29) is 11.5 Å². The minimum atomic E-state index is -0.820. The van der Waals surface area contributed by atoms with Crippen molar-refractivity contribution in [2.24, 2.45) is 10.2 Å². The predicted molar refractivity (Wildman–Crippen MR) is 55.1 cm³/mol. The first-order valence-electron chi connectivity index (χ1n) is 4.82. The van der Waals surface area contributed by atoms with Crippen LogP contribution in [0.25, 0.3) is 0 Å². The lowest BCUT2D eigenvalue weighted by molar-refractivity contribution is -0.155. The third-order valence-electron chi connectivity index (χ3n) is 1.58. The summed E-state index contributed by atoms with van der Waals surface area (Å²) in [6.45, 7) is 10.9. The summed E-state index contributed by atoms with van der Waals surface area (Å²) < 4.78 is 5.08. The molecule has 0 saturated carbocycles. The molecule has 0 heterocycles. The molecule has 0 radical (unpaired) electrons. The fraction of sp³-hybridized carbons (Fsp3) is 0.900. The molecule has 0 saturated heterocycles. The average Bonchev–Trinajstić information content (AvgIpc) is 1.99. The third kappa shape index (κ3) is 5.67. The van der Waals surface area contributed by atoms with E-state index in [0.717, 1.165) is 0 Å². The highest BCUT2D eigenvalue weighted by molar-refractivity contribution is 5.66. The summed E-state index contributed by atoms with van der Waals surface area (Å²) in [6.07, 6.45) is 0.617. The highest BCUT2D eigenvalue weighted by atomic mass is 16.6. The van der Waals surface area contributed by atoms with Gasteiger partial charge in [-0.25, -0.2) is 0 Å². The first-order chi connectivity index (χ1) is 6.18. The number of hydrogen-bond donors (Lipinski definition) is 0. The van der Waals surface area contributed by atoms with Crippen LogP contribution in [-0.2, 0) is 9.53 Å². The Kier molecular flexibility index (Phi) is 4.23. The summed E-state index contributed by atoms with van der Waals surface area (Å²) in [5.41, 5.74) is -1.06. The van der Waals surface area contributed by atoms with Crippen LogP contribution >= 0.6 is 0 Å². The van der Waals surface area contributed by atoms with Crippen molar-refractivity contribution >= 4 is 5.97 Å². The minimum absolute atomic E-state index is 0.240. The molecule has 4 heteroatoms. The molecule has 0 fully saturated rings. The van der Waals surface area contributed by atoms with Crippen LogP contribution in [-0.4, -0.2) is 17.2 Å². The zero-order valence-corrected chi connectivity index (χ0v) is 9.92. The molecule has 0 spiro atoms. The second kappa shape index (κ2) is 4.53. The van der Waals surface area contributed by atoms with Gasteiger partial charge in [0.1, 0.15) is 0 Å². The van der Waals surface area contributed by atoms with Crippen molar-refractivity contribution in [1.82, 2.24) is 0 Å². The normalized spacial score (nSPS) is 16.7. The van der Waals surface area contributed by atoms with E-state index in [1.807, 2.05) is 27.7 Å². The molecule has 0 aliphatic rings. The largest absolute Gasteiger partial charge is 0.436 e. The fourth-order valence-electron chi connectivity index (χ4n) is 0.729. The smallest absolute Gasteiger partial charge is 0.304 e. The molecule has 0 amide bonds. The van der Waals surface area contributed by atoms with Crippen molar-refractivity contribution in [1.29, 1.82) is 0 Å². The molecule has 0 aliphatic heterocycles. The molecule has 0 rings (SSSR count). The summed E-state index contributed by atoms with van der Waals surface area (Å²) in [6, 6.07) is 0.